The summed E-state index contributed by atoms with van der Waals surface area (Å²) < 4.78 is 7.25. The summed E-state index contributed by atoms with van der Waals surface area (Å²) in [5.74, 6) is 1.33. The number of aromatic nitrogens is 3. The minimum atomic E-state index is 0.516. The Kier molecular flexibility index (Phi) is 3.33. The van der Waals surface area contributed by atoms with E-state index in [4.69, 9.17) is 4.52 Å². The Morgan fingerprint density at radius 3 is 3.05 bits per heavy atom. The van der Waals surface area contributed by atoms with Crippen molar-refractivity contribution >= 4 is 17.2 Å². The molecule has 20 heavy (non-hydrogen) atoms. The highest BCUT2D eigenvalue weighted by Crippen LogP contribution is 2.18. The molecule has 0 amide bonds. The summed E-state index contributed by atoms with van der Waals surface area (Å²) in [4.78, 5) is 15.2. The van der Waals surface area contributed by atoms with Crippen LogP contribution in [-0.4, -0.2) is 21.0 Å². The molecule has 0 saturated heterocycles. The van der Waals surface area contributed by atoms with Gasteiger partial charge in [0, 0.05) is 23.7 Å². The maximum absolute atomic E-state index is 10.9. The zero-order valence-electron chi connectivity index (χ0n) is 11.2. The number of hydrogen-bond donors (Lipinski definition) is 0. The summed E-state index contributed by atoms with van der Waals surface area (Å²) in [6, 6.07) is 7.62. The molecule has 102 valence electrons. The standard InChI is InChI=1S/C15H15N3O2/c1-2-3-14-16-15(20-17-14)9-18-7-6-12-5-4-11(10-19)8-13(12)18/h4-8,10H,2-3,9H2,1H3. The summed E-state index contributed by atoms with van der Waals surface area (Å²) in [7, 11) is 0. The Labute approximate surface area is 116 Å². The highest BCUT2D eigenvalue weighted by atomic mass is 16.5. The lowest BCUT2D eigenvalue weighted by Gasteiger charge is -2.01. The third-order valence-corrected chi connectivity index (χ3v) is 3.22. The molecule has 0 aliphatic heterocycles. The van der Waals surface area contributed by atoms with Crippen molar-refractivity contribution in [1.29, 1.82) is 0 Å². The number of hydrogen-bond acceptors (Lipinski definition) is 4. The molecule has 1 aromatic carbocycles. The molecule has 0 spiro atoms. The molecule has 0 saturated carbocycles. The van der Waals surface area contributed by atoms with Gasteiger partial charge in [-0.2, -0.15) is 4.98 Å². The Balaban J connectivity index is 1.91. The molecule has 0 fully saturated rings. The molecule has 0 aliphatic rings. The molecule has 5 heteroatoms. The molecule has 3 aromatic rings. The van der Waals surface area contributed by atoms with Gasteiger partial charge in [-0.05, 0) is 23.9 Å². The molecule has 3 rings (SSSR count). The maximum Gasteiger partial charge on any atom is 0.246 e. The number of fused-ring (bicyclic) bond motifs is 1. The highest BCUT2D eigenvalue weighted by Gasteiger charge is 2.08. The zero-order valence-corrected chi connectivity index (χ0v) is 11.2. The third kappa shape index (κ3) is 2.34. The second kappa shape index (κ2) is 5.28. The van der Waals surface area contributed by atoms with E-state index < -0.39 is 0 Å². The molecular formula is C15H15N3O2. The van der Waals surface area contributed by atoms with E-state index in [0.29, 0.717) is 18.0 Å². The van der Waals surface area contributed by atoms with Gasteiger partial charge in [0.15, 0.2) is 5.82 Å². The predicted octanol–water partition coefficient (Wildman–Crippen LogP) is 2.84. The van der Waals surface area contributed by atoms with E-state index >= 15 is 0 Å². The summed E-state index contributed by atoms with van der Waals surface area (Å²) in [5, 5.41) is 5.03. The van der Waals surface area contributed by atoms with Crippen LogP contribution in [0.1, 0.15) is 35.4 Å². The van der Waals surface area contributed by atoms with E-state index in [-0.39, 0.29) is 0 Å². The fourth-order valence-corrected chi connectivity index (χ4v) is 2.24. The summed E-state index contributed by atoms with van der Waals surface area (Å²) in [6.45, 7) is 2.60. The van der Waals surface area contributed by atoms with Crippen LogP contribution < -0.4 is 0 Å². The number of aryl methyl sites for hydroxylation is 1. The molecule has 5 nitrogen and oxygen atoms in total. The minimum absolute atomic E-state index is 0.516. The van der Waals surface area contributed by atoms with E-state index in [0.717, 1.165) is 35.9 Å². The fraction of sp³-hybridized carbons (Fsp3) is 0.267. The van der Waals surface area contributed by atoms with Crippen molar-refractivity contribution in [3.8, 4) is 0 Å². The van der Waals surface area contributed by atoms with Crippen LogP contribution in [0.4, 0.5) is 0 Å². The predicted molar refractivity (Wildman–Crippen MR) is 74.7 cm³/mol. The maximum atomic E-state index is 10.9. The summed E-state index contributed by atoms with van der Waals surface area (Å²) >= 11 is 0. The minimum Gasteiger partial charge on any atom is -0.338 e. The van der Waals surface area contributed by atoms with Crippen molar-refractivity contribution in [3.63, 3.8) is 0 Å². The lowest BCUT2D eigenvalue weighted by atomic mass is 10.2. The van der Waals surface area contributed by atoms with Crippen LogP contribution in [0.15, 0.2) is 35.0 Å². The van der Waals surface area contributed by atoms with Gasteiger partial charge in [0.1, 0.15) is 12.8 Å². The summed E-state index contributed by atoms with van der Waals surface area (Å²) in [6.07, 6.45) is 4.63. The molecule has 0 unspecified atom stereocenters. The van der Waals surface area contributed by atoms with Gasteiger partial charge in [0.25, 0.3) is 0 Å². The smallest absolute Gasteiger partial charge is 0.246 e. The van der Waals surface area contributed by atoms with Gasteiger partial charge in [0.05, 0.1) is 0 Å². The molecular weight excluding hydrogens is 254 g/mol. The van der Waals surface area contributed by atoms with Gasteiger partial charge in [-0.25, -0.2) is 0 Å². The van der Waals surface area contributed by atoms with Gasteiger partial charge in [0.2, 0.25) is 5.89 Å². The molecule has 0 bridgehead atoms. The second-order valence-corrected chi connectivity index (χ2v) is 4.73. The van der Waals surface area contributed by atoms with Crippen LogP contribution in [0.3, 0.4) is 0 Å². The first-order valence-electron chi connectivity index (χ1n) is 6.65. The largest absolute Gasteiger partial charge is 0.338 e. The van der Waals surface area contributed by atoms with Crippen molar-refractivity contribution in [2.45, 2.75) is 26.3 Å². The Bertz CT molecular complexity index is 742. The Morgan fingerprint density at radius 2 is 2.25 bits per heavy atom. The van der Waals surface area contributed by atoms with Gasteiger partial charge < -0.3 is 9.09 Å². The fourth-order valence-electron chi connectivity index (χ4n) is 2.24. The van der Waals surface area contributed by atoms with Crippen LogP contribution in [0, 0.1) is 0 Å². The van der Waals surface area contributed by atoms with Gasteiger partial charge in [-0.1, -0.05) is 24.2 Å². The zero-order chi connectivity index (χ0) is 13.9. The number of nitrogens with zero attached hydrogens (tertiary/aromatic N) is 3. The first-order valence-corrected chi connectivity index (χ1v) is 6.65. The molecule has 0 aliphatic carbocycles. The highest BCUT2D eigenvalue weighted by molar-refractivity contribution is 5.87. The topological polar surface area (TPSA) is 60.9 Å². The van der Waals surface area contributed by atoms with E-state index in [1.165, 1.54) is 0 Å². The molecule has 2 aromatic heterocycles. The van der Waals surface area contributed by atoms with Crippen LogP contribution >= 0.6 is 0 Å². The van der Waals surface area contributed by atoms with Crippen molar-refractivity contribution in [2.75, 3.05) is 0 Å². The van der Waals surface area contributed by atoms with E-state index in [2.05, 4.69) is 17.1 Å². The van der Waals surface area contributed by atoms with Crippen molar-refractivity contribution in [1.82, 2.24) is 14.7 Å². The number of carbonyl (C=O) groups is 1. The third-order valence-electron chi connectivity index (χ3n) is 3.22. The van der Waals surface area contributed by atoms with Gasteiger partial charge in [-0.3, -0.25) is 4.79 Å². The molecule has 2 heterocycles. The van der Waals surface area contributed by atoms with E-state index in [1.54, 1.807) is 0 Å². The van der Waals surface area contributed by atoms with Crippen molar-refractivity contribution < 1.29 is 9.32 Å². The van der Waals surface area contributed by atoms with Crippen LogP contribution in [0.2, 0.25) is 0 Å². The van der Waals surface area contributed by atoms with Crippen LogP contribution in [0.25, 0.3) is 10.9 Å². The van der Waals surface area contributed by atoms with Crippen molar-refractivity contribution in [3.05, 3.63) is 47.7 Å². The Hall–Kier alpha value is -2.43. The van der Waals surface area contributed by atoms with Crippen molar-refractivity contribution in [2.24, 2.45) is 0 Å². The SMILES string of the molecule is CCCc1noc(Cn2ccc3ccc(C=O)cc32)n1. The average Bonchev–Trinajstić information content (AvgIpc) is 3.07. The normalized spacial score (nSPS) is 11.1. The Morgan fingerprint density at radius 1 is 1.35 bits per heavy atom. The number of benzene rings is 1. The van der Waals surface area contributed by atoms with E-state index in [1.807, 2.05) is 35.0 Å². The number of carbonyl (C=O) groups excluding carboxylic acids is 1. The number of aldehydes is 1. The number of rotatable bonds is 5. The quantitative estimate of drug-likeness (QED) is 0.668. The molecule has 0 N–H and O–H groups in total. The second-order valence-electron chi connectivity index (χ2n) is 4.73. The van der Waals surface area contributed by atoms with Crippen LogP contribution in [-0.2, 0) is 13.0 Å². The van der Waals surface area contributed by atoms with Gasteiger partial charge >= 0.3 is 0 Å². The lowest BCUT2D eigenvalue weighted by molar-refractivity contribution is 0.112. The average molecular weight is 269 g/mol. The first kappa shape index (κ1) is 12.6. The molecule has 0 atom stereocenters. The lowest BCUT2D eigenvalue weighted by Crippen LogP contribution is -1.99. The van der Waals surface area contributed by atoms with E-state index in [9.17, 15) is 4.79 Å². The monoisotopic (exact) mass is 269 g/mol. The first-order chi connectivity index (χ1) is 9.80. The van der Waals surface area contributed by atoms with Crippen LogP contribution in [0.5, 0.6) is 0 Å². The molecule has 0 radical (unpaired) electrons. The summed E-state index contributed by atoms with van der Waals surface area (Å²) in [5.41, 5.74) is 1.65. The van der Waals surface area contributed by atoms with Gasteiger partial charge in [-0.15, -0.1) is 0 Å².